The van der Waals surface area contributed by atoms with Gasteiger partial charge in [-0.3, -0.25) is 9.93 Å². The lowest BCUT2D eigenvalue weighted by molar-refractivity contribution is -0.113. The van der Waals surface area contributed by atoms with Gasteiger partial charge in [-0.25, -0.2) is 0 Å². The summed E-state index contributed by atoms with van der Waals surface area (Å²) in [5.41, 5.74) is 1.98. The molecule has 0 fully saturated rings. The van der Waals surface area contributed by atoms with Crippen molar-refractivity contribution in [1.82, 2.24) is 0 Å². The van der Waals surface area contributed by atoms with Gasteiger partial charge in [0, 0.05) is 5.69 Å². The maximum atomic E-state index is 11.1. The van der Waals surface area contributed by atoms with Crippen molar-refractivity contribution in [2.45, 2.75) is 6.92 Å². The average Bonchev–Trinajstić information content (AvgIpc) is 2.09. The van der Waals surface area contributed by atoms with Gasteiger partial charge in [-0.1, -0.05) is 29.6 Å². The van der Waals surface area contributed by atoms with Gasteiger partial charge in [0.25, 0.3) is 0 Å². The molecule has 0 saturated heterocycles. The van der Waals surface area contributed by atoms with E-state index in [-0.39, 0.29) is 11.7 Å². The summed E-state index contributed by atoms with van der Waals surface area (Å²) in [6.45, 7) is 2.00. The molecule has 4 heteroatoms. The molecule has 0 bridgehead atoms. The van der Waals surface area contributed by atoms with Crippen LogP contribution in [0.25, 0.3) is 0 Å². The third-order valence-corrected chi connectivity index (χ3v) is 1.98. The molecule has 0 heterocycles. The summed E-state index contributed by atoms with van der Waals surface area (Å²) in [6.07, 6.45) is 0. The normalized spacial score (nSPS) is 9.69. The highest BCUT2D eigenvalue weighted by Crippen LogP contribution is 2.08. The molecule has 0 spiro atoms. The first-order chi connectivity index (χ1) is 6.22. The highest BCUT2D eigenvalue weighted by Gasteiger charge is 1.99. The van der Waals surface area contributed by atoms with E-state index >= 15 is 0 Å². The number of anilines is 1. The van der Waals surface area contributed by atoms with E-state index in [0.717, 1.165) is 17.6 Å². The van der Waals surface area contributed by atoms with Gasteiger partial charge in [0.15, 0.2) is 0 Å². The number of rotatable bonds is 3. The highest BCUT2D eigenvalue weighted by atomic mass is 32.2. The van der Waals surface area contributed by atoms with Crippen LogP contribution in [0.3, 0.4) is 0 Å². The molecular weight excluding hydrogens is 184 g/mol. The Morgan fingerprint density at radius 2 is 2.08 bits per heavy atom. The van der Waals surface area contributed by atoms with Crippen LogP contribution in [0.15, 0.2) is 24.3 Å². The Balaban J connectivity index is 2.54. The minimum Gasteiger partial charge on any atom is -0.325 e. The zero-order valence-corrected chi connectivity index (χ0v) is 8.23. The lowest BCUT2D eigenvalue weighted by Gasteiger charge is -2.03. The number of hydrogen-bond acceptors (Lipinski definition) is 3. The molecule has 1 aromatic carbocycles. The van der Waals surface area contributed by atoms with Gasteiger partial charge in [-0.05, 0) is 19.1 Å². The molecular formula is C9H12N2OS. The molecule has 1 aromatic rings. The van der Waals surface area contributed by atoms with Crippen LogP contribution in [0.4, 0.5) is 5.69 Å². The standard InChI is InChI=1S/C9H12N2OS/c1-7-2-4-8(5-3-7)11-9(12)6-13-10/h2-5H,6,10H2,1H3,(H,11,12). The maximum Gasteiger partial charge on any atom is 0.235 e. The van der Waals surface area contributed by atoms with E-state index in [1.54, 1.807) is 0 Å². The van der Waals surface area contributed by atoms with Crippen LogP contribution >= 0.6 is 11.9 Å². The quantitative estimate of drug-likeness (QED) is 0.721. The minimum atomic E-state index is -0.0728. The molecule has 0 aliphatic heterocycles. The third kappa shape index (κ3) is 3.48. The van der Waals surface area contributed by atoms with Crippen molar-refractivity contribution in [1.29, 1.82) is 0 Å². The summed E-state index contributed by atoms with van der Waals surface area (Å²) in [4.78, 5) is 11.1. The Morgan fingerprint density at radius 1 is 1.46 bits per heavy atom. The Morgan fingerprint density at radius 3 is 2.62 bits per heavy atom. The zero-order valence-electron chi connectivity index (χ0n) is 7.41. The van der Waals surface area contributed by atoms with Crippen LogP contribution in [-0.2, 0) is 4.79 Å². The summed E-state index contributed by atoms with van der Waals surface area (Å²) >= 11 is 1.02. The molecule has 3 N–H and O–H groups in total. The molecule has 1 amide bonds. The largest absolute Gasteiger partial charge is 0.325 e. The van der Waals surface area contributed by atoms with Gasteiger partial charge in [-0.2, -0.15) is 0 Å². The van der Waals surface area contributed by atoms with Crippen LogP contribution in [0.2, 0.25) is 0 Å². The molecule has 0 atom stereocenters. The van der Waals surface area contributed by atoms with Crippen molar-refractivity contribution >= 4 is 23.5 Å². The van der Waals surface area contributed by atoms with Crippen LogP contribution in [-0.4, -0.2) is 11.7 Å². The second-order valence-corrected chi connectivity index (χ2v) is 3.35. The fraction of sp³-hybridized carbons (Fsp3) is 0.222. The van der Waals surface area contributed by atoms with E-state index in [1.807, 2.05) is 31.2 Å². The Labute approximate surface area is 81.8 Å². The number of carbonyl (C=O) groups excluding carboxylic acids is 1. The van der Waals surface area contributed by atoms with Gasteiger partial charge in [0.2, 0.25) is 5.91 Å². The monoisotopic (exact) mass is 196 g/mol. The topological polar surface area (TPSA) is 55.1 Å². The first-order valence-corrected chi connectivity index (χ1v) is 4.95. The smallest absolute Gasteiger partial charge is 0.235 e. The van der Waals surface area contributed by atoms with E-state index in [9.17, 15) is 4.79 Å². The second kappa shape index (κ2) is 4.89. The number of nitrogens with two attached hydrogens (primary N) is 1. The van der Waals surface area contributed by atoms with Gasteiger partial charge in [0.1, 0.15) is 0 Å². The summed E-state index contributed by atoms with van der Waals surface area (Å²) < 4.78 is 0. The number of amides is 1. The molecule has 0 aliphatic carbocycles. The first-order valence-electron chi connectivity index (χ1n) is 3.90. The lowest BCUT2D eigenvalue weighted by Crippen LogP contribution is -2.14. The predicted octanol–water partition coefficient (Wildman–Crippen LogP) is 1.54. The van der Waals surface area contributed by atoms with E-state index in [4.69, 9.17) is 5.14 Å². The van der Waals surface area contributed by atoms with Crippen LogP contribution in [0.5, 0.6) is 0 Å². The molecule has 3 nitrogen and oxygen atoms in total. The van der Waals surface area contributed by atoms with Crippen molar-refractivity contribution in [3.8, 4) is 0 Å². The minimum absolute atomic E-state index is 0.0728. The molecule has 0 saturated carbocycles. The third-order valence-electron chi connectivity index (χ3n) is 1.55. The molecule has 0 aromatic heterocycles. The summed E-state index contributed by atoms with van der Waals surface area (Å²) in [6, 6.07) is 7.64. The Kier molecular flexibility index (Phi) is 3.79. The molecule has 1 rings (SSSR count). The number of benzene rings is 1. The van der Waals surface area contributed by atoms with E-state index < -0.39 is 0 Å². The number of hydrogen-bond donors (Lipinski definition) is 2. The fourth-order valence-corrected chi connectivity index (χ4v) is 1.13. The van der Waals surface area contributed by atoms with Crippen molar-refractivity contribution < 1.29 is 4.79 Å². The van der Waals surface area contributed by atoms with Gasteiger partial charge >= 0.3 is 0 Å². The van der Waals surface area contributed by atoms with Gasteiger partial charge in [-0.15, -0.1) is 0 Å². The van der Waals surface area contributed by atoms with Crippen LogP contribution < -0.4 is 10.5 Å². The van der Waals surface area contributed by atoms with E-state index in [2.05, 4.69) is 5.32 Å². The maximum absolute atomic E-state index is 11.1. The SMILES string of the molecule is Cc1ccc(NC(=O)CSN)cc1. The average molecular weight is 196 g/mol. The van der Waals surface area contributed by atoms with Crippen LogP contribution in [0, 0.1) is 6.92 Å². The van der Waals surface area contributed by atoms with Gasteiger partial charge in [0.05, 0.1) is 5.75 Å². The lowest BCUT2D eigenvalue weighted by atomic mass is 10.2. The van der Waals surface area contributed by atoms with Crippen molar-refractivity contribution in [2.24, 2.45) is 5.14 Å². The fourth-order valence-electron chi connectivity index (χ4n) is 0.910. The first kappa shape index (κ1) is 10.1. The van der Waals surface area contributed by atoms with Crippen LogP contribution in [0.1, 0.15) is 5.56 Å². The Bertz CT molecular complexity index is 284. The summed E-state index contributed by atoms with van der Waals surface area (Å²) in [5.74, 6) is 0.213. The number of aryl methyl sites for hydroxylation is 1. The van der Waals surface area contributed by atoms with Crippen molar-refractivity contribution in [3.05, 3.63) is 29.8 Å². The second-order valence-electron chi connectivity index (χ2n) is 2.73. The zero-order chi connectivity index (χ0) is 9.68. The predicted molar refractivity (Wildman–Crippen MR) is 56.5 cm³/mol. The van der Waals surface area contributed by atoms with Crippen molar-refractivity contribution in [2.75, 3.05) is 11.1 Å². The van der Waals surface area contributed by atoms with E-state index in [0.29, 0.717) is 0 Å². The van der Waals surface area contributed by atoms with Gasteiger partial charge < -0.3 is 5.32 Å². The molecule has 0 aliphatic rings. The number of nitrogens with one attached hydrogen (secondary N) is 1. The molecule has 0 unspecified atom stereocenters. The van der Waals surface area contributed by atoms with Crippen molar-refractivity contribution in [3.63, 3.8) is 0 Å². The van der Waals surface area contributed by atoms with E-state index in [1.165, 1.54) is 5.56 Å². The molecule has 13 heavy (non-hydrogen) atoms. The highest BCUT2D eigenvalue weighted by molar-refractivity contribution is 7.97. The number of carbonyl (C=O) groups is 1. The Hall–Kier alpha value is -1.00. The summed E-state index contributed by atoms with van der Waals surface area (Å²) in [7, 11) is 0. The summed E-state index contributed by atoms with van der Waals surface area (Å²) in [5, 5.41) is 7.89. The molecule has 70 valence electrons. The molecule has 0 radical (unpaired) electrons.